The van der Waals surface area contributed by atoms with Crippen molar-refractivity contribution in [2.24, 2.45) is 0 Å². The molecule has 2 aromatic carbocycles. The number of thioether (sulfide) groups is 1. The molecule has 34 heavy (non-hydrogen) atoms. The predicted molar refractivity (Wildman–Crippen MR) is 144 cm³/mol. The molecule has 0 atom stereocenters. The third-order valence-corrected chi connectivity index (χ3v) is 7.65. The van der Waals surface area contributed by atoms with Gasteiger partial charge in [-0.15, -0.1) is 0 Å². The van der Waals surface area contributed by atoms with Gasteiger partial charge in [-0.3, -0.25) is 15.0 Å². The van der Waals surface area contributed by atoms with Crippen molar-refractivity contribution in [1.29, 1.82) is 0 Å². The highest BCUT2D eigenvalue weighted by molar-refractivity contribution is 8.26. The molecule has 1 saturated heterocycles. The Labute approximate surface area is 221 Å². The Hall–Kier alpha value is -2.29. The van der Waals surface area contributed by atoms with Gasteiger partial charge in [0.25, 0.3) is 11.8 Å². The van der Waals surface area contributed by atoms with Crippen LogP contribution in [0.25, 0.3) is 11.8 Å². The Bertz CT molecular complexity index is 1400. The van der Waals surface area contributed by atoms with Gasteiger partial charge in [0.2, 0.25) is 0 Å². The highest BCUT2D eigenvalue weighted by Crippen LogP contribution is 2.34. The molecule has 2 heterocycles. The van der Waals surface area contributed by atoms with Crippen LogP contribution >= 0.6 is 58.8 Å². The number of rotatable bonds is 4. The zero-order valence-corrected chi connectivity index (χ0v) is 22.2. The van der Waals surface area contributed by atoms with Crippen LogP contribution in [0.5, 0.6) is 0 Å². The number of thiocarbonyl (C=S) groups is 1. The molecule has 4 rings (SSSR count). The fourth-order valence-corrected chi connectivity index (χ4v) is 5.41. The second-order valence-electron chi connectivity index (χ2n) is 7.70. The Kier molecular flexibility index (Phi) is 7.12. The van der Waals surface area contributed by atoms with Gasteiger partial charge in [-0.1, -0.05) is 52.6 Å². The Morgan fingerprint density at radius 1 is 1.00 bits per heavy atom. The van der Waals surface area contributed by atoms with Gasteiger partial charge in [-0.2, -0.15) is 5.01 Å². The van der Waals surface area contributed by atoms with Crippen molar-refractivity contribution in [2.45, 2.75) is 20.8 Å². The lowest BCUT2D eigenvalue weighted by Crippen LogP contribution is -2.44. The van der Waals surface area contributed by atoms with E-state index in [1.165, 1.54) is 0 Å². The molecular formula is C24H18Cl3N3O2S2. The van der Waals surface area contributed by atoms with Gasteiger partial charge in [0.15, 0.2) is 4.32 Å². The van der Waals surface area contributed by atoms with Crippen LogP contribution in [0.2, 0.25) is 15.1 Å². The molecule has 5 nitrogen and oxygen atoms in total. The second kappa shape index (κ2) is 9.76. The highest BCUT2D eigenvalue weighted by atomic mass is 35.5. The third-order valence-electron chi connectivity index (χ3n) is 5.29. The van der Waals surface area contributed by atoms with Gasteiger partial charge in [0.05, 0.1) is 25.5 Å². The van der Waals surface area contributed by atoms with Crippen molar-refractivity contribution >= 4 is 81.0 Å². The fraction of sp³-hybridized carbons (Fsp3) is 0.125. The van der Waals surface area contributed by atoms with Crippen molar-refractivity contribution < 1.29 is 9.59 Å². The molecule has 0 saturated carbocycles. The smallest absolute Gasteiger partial charge is 0.285 e. The summed E-state index contributed by atoms with van der Waals surface area (Å²) in [5.41, 5.74) is 7.33. The minimum Gasteiger partial charge on any atom is -0.318 e. The summed E-state index contributed by atoms with van der Waals surface area (Å²) < 4.78 is 2.25. The lowest BCUT2D eigenvalue weighted by atomic mass is 10.1. The summed E-state index contributed by atoms with van der Waals surface area (Å²) in [6.07, 6.45) is 1.76. The van der Waals surface area contributed by atoms with Crippen LogP contribution in [-0.2, 0) is 4.79 Å². The van der Waals surface area contributed by atoms with Crippen LogP contribution in [0.3, 0.4) is 0 Å². The van der Waals surface area contributed by atoms with E-state index in [0.29, 0.717) is 20.0 Å². The topological polar surface area (TPSA) is 54.3 Å². The molecule has 10 heteroatoms. The summed E-state index contributed by atoms with van der Waals surface area (Å²) >= 11 is 24.9. The van der Waals surface area contributed by atoms with Gasteiger partial charge >= 0.3 is 0 Å². The first-order valence-corrected chi connectivity index (χ1v) is 12.4. The van der Waals surface area contributed by atoms with Gasteiger partial charge in [0.1, 0.15) is 0 Å². The molecule has 1 fully saturated rings. The van der Waals surface area contributed by atoms with Crippen LogP contribution in [0, 0.1) is 20.8 Å². The number of carbonyl (C=O) groups is 2. The molecule has 1 aromatic heterocycles. The molecule has 1 N–H and O–H groups in total. The Morgan fingerprint density at radius 3 is 2.41 bits per heavy atom. The largest absolute Gasteiger partial charge is 0.318 e. The molecule has 0 radical (unpaired) electrons. The quantitative estimate of drug-likeness (QED) is 0.283. The number of benzene rings is 2. The number of aryl methyl sites for hydroxylation is 2. The number of nitrogens with zero attached hydrogens (tertiary/aromatic N) is 2. The molecule has 0 spiro atoms. The number of hydrogen-bond acceptors (Lipinski definition) is 4. The minimum absolute atomic E-state index is 0.228. The van der Waals surface area contributed by atoms with E-state index in [-0.39, 0.29) is 9.88 Å². The zero-order valence-electron chi connectivity index (χ0n) is 18.3. The van der Waals surface area contributed by atoms with Crippen molar-refractivity contribution in [1.82, 2.24) is 15.0 Å². The molecule has 0 bridgehead atoms. The molecule has 0 unspecified atom stereocenters. The number of aromatic nitrogens is 1. The number of halogens is 3. The lowest BCUT2D eigenvalue weighted by Gasteiger charge is -2.16. The molecular weight excluding hydrogens is 533 g/mol. The lowest BCUT2D eigenvalue weighted by molar-refractivity contribution is -0.123. The number of hydrazine groups is 1. The molecule has 0 aliphatic carbocycles. The van der Waals surface area contributed by atoms with Crippen LogP contribution in [0.15, 0.2) is 47.4 Å². The average molecular weight is 551 g/mol. The van der Waals surface area contributed by atoms with E-state index in [1.54, 1.807) is 36.4 Å². The van der Waals surface area contributed by atoms with E-state index >= 15 is 0 Å². The maximum atomic E-state index is 13.0. The number of hydrogen-bond donors (Lipinski definition) is 1. The van der Waals surface area contributed by atoms with Gasteiger partial charge in [0, 0.05) is 17.1 Å². The fourth-order valence-electron chi connectivity index (χ4n) is 3.63. The maximum Gasteiger partial charge on any atom is 0.285 e. The standard InChI is InChI=1S/C24H18Cl3N3O2S2/c1-12-4-6-17(19(26)8-12)22(31)28-30-23(32)21(34-24(30)33)10-15-9-13(2)29(14(15)3)16-5-7-18(25)20(27)11-16/h4-11H,1-3H3,(H,28,31)/b21-10-. The first-order valence-electron chi connectivity index (χ1n) is 10.1. The third kappa shape index (κ3) is 4.76. The normalized spacial score (nSPS) is 14.9. The van der Waals surface area contributed by atoms with Gasteiger partial charge in [-0.25, -0.2) is 0 Å². The molecule has 1 aliphatic heterocycles. The Morgan fingerprint density at radius 2 is 1.74 bits per heavy atom. The second-order valence-corrected chi connectivity index (χ2v) is 10.6. The van der Waals surface area contributed by atoms with Gasteiger partial charge in [-0.05, 0) is 86.6 Å². The first-order chi connectivity index (χ1) is 16.1. The van der Waals surface area contributed by atoms with E-state index in [4.69, 9.17) is 47.0 Å². The van der Waals surface area contributed by atoms with Crippen LogP contribution in [0.4, 0.5) is 0 Å². The SMILES string of the molecule is Cc1ccc(C(=O)NN2C(=O)/C(=C/c3cc(C)n(-c4ccc(Cl)c(Cl)c4)c3C)SC2=S)c(Cl)c1. The summed E-state index contributed by atoms with van der Waals surface area (Å²) in [7, 11) is 0. The van der Waals surface area contributed by atoms with E-state index in [9.17, 15) is 9.59 Å². The zero-order chi connectivity index (χ0) is 24.7. The first kappa shape index (κ1) is 24.8. The predicted octanol–water partition coefficient (Wildman–Crippen LogP) is 6.91. The van der Waals surface area contributed by atoms with Crippen molar-refractivity contribution in [3.63, 3.8) is 0 Å². The number of amides is 2. The van der Waals surface area contributed by atoms with Crippen molar-refractivity contribution in [3.05, 3.63) is 90.5 Å². The van der Waals surface area contributed by atoms with Gasteiger partial charge < -0.3 is 4.57 Å². The van der Waals surface area contributed by atoms with Crippen LogP contribution in [-0.4, -0.2) is 25.7 Å². The van der Waals surface area contributed by atoms with E-state index < -0.39 is 11.8 Å². The van der Waals surface area contributed by atoms with E-state index in [1.807, 2.05) is 37.5 Å². The minimum atomic E-state index is -0.514. The summed E-state index contributed by atoms with van der Waals surface area (Å²) in [6.45, 7) is 5.78. The van der Waals surface area contributed by atoms with Crippen molar-refractivity contribution in [3.8, 4) is 5.69 Å². The number of nitrogens with one attached hydrogen (secondary N) is 1. The van der Waals surface area contributed by atoms with E-state index in [0.717, 1.165) is 45.0 Å². The van der Waals surface area contributed by atoms with Crippen LogP contribution < -0.4 is 5.43 Å². The summed E-state index contributed by atoms with van der Waals surface area (Å²) in [4.78, 5) is 26.1. The summed E-state index contributed by atoms with van der Waals surface area (Å²) in [5, 5.41) is 2.31. The van der Waals surface area contributed by atoms with Crippen molar-refractivity contribution in [2.75, 3.05) is 0 Å². The molecule has 3 aromatic rings. The highest BCUT2D eigenvalue weighted by Gasteiger charge is 2.34. The van der Waals surface area contributed by atoms with Crippen LogP contribution in [0.1, 0.15) is 32.9 Å². The maximum absolute atomic E-state index is 13.0. The Balaban J connectivity index is 1.60. The monoisotopic (exact) mass is 549 g/mol. The molecule has 174 valence electrons. The average Bonchev–Trinajstić information content (AvgIpc) is 3.19. The number of carbonyl (C=O) groups excluding carboxylic acids is 2. The summed E-state index contributed by atoms with van der Waals surface area (Å²) in [6, 6.07) is 12.4. The molecule has 1 aliphatic rings. The van der Waals surface area contributed by atoms with E-state index in [2.05, 4.69) is 5.43 Å². The summed E-state index contributed by atoms with van der Waals surface area (Å²) in [5.74, 6) is -0.925. The molecule has 2 amide bonds.